The van der Waals surface area contributed by atoms with E-state index in [2.05, 4.69) is 72.5 Å². The molecule has 0 amide bonds. The zero-order valence-corrected chi connectivity index (χ0v) is 18.3. The summed E-state index contributed by atoms with van der Waals surface area (Å²) in [5, 5.41) is 3.44. The summed E-state index contributed by atoms with van der Waals surface area (Å²) < 4.78 is 0. The Bertz CT molecular complexity index is 1140. The maximum Gasteiger partial charge on any atom is 0.126 e. The monoisotopic (exact) mass is 420 g/mol. The van der Waals surface area contributed by atoms with E-state index >= 15 is 0 Å². The van der Waals surface area contributed by atoms with Crippen molar-refractivity contribution in [1.82, 2.24) is 9.97 Å². The van der Waals surface area contributed by atoms with E-state index in [1.54, 1.807) is 12.4 Å². The van der Waals surface area contributed by atoms with Gasteiger partial charge in [0, 0.05) is 36.1 Å². The highest BCUT2D eigenvalue weighted by atomic mass is 15.0. The summed E-state index contributed by atoms with van der Waals surface area (Å²) in [6, 6.07) is 26.9. The van der Waals surface area contributed by atoms with Gasteiger partial charge in [-0.3, -0.25) is 4.98 Å². The molecule has 32 heavy (non-hydrogen) atoms. The number of hydrogen-bond acceptors (Lipinski definition) is 4. The zero-order valence-electron chi connectivity index (χ0n) is 18.3. The summed E-state index contributed by atoms with van der Waals surface area (Å²) in [6.07, 6.45) is 12.4. The van der Waals surface area contributed by atoms with Gasteiger partial charge in [0.1, 0.15) is 5.82 Å². The number of benzene rings is 2. The van der Waals surface area contributed by atoms with Crippen LogP contribution in [0.3, 0.4) is 0 Å². The number of pyridine rings is 2. The van der Waals surface area contributed by atoms with E-state index in [1.165, 1.54) is 5.56 Å². The van der Waals surface area contributed by atoms with Crippen molar-refractivity contribution in [3.05, 3.63) is 102 Å². The molecule has 0 radical (unpaired) electrons. The first kappa shape index (κ1) is 22.7. The van der Waals surface area contributed by atoms with Gasteiger partial charge >= 0.3 is 0 Å². The van der Waals surface area contributed by atoms with Crippen molar-refractivity contribution in [2.45, 2.75) is 19.4 Å². The first-order valence-corrected chi connectivity index (χ1v) is 10.6. The van der Waals surface area contributed by atoms with Crippen LogP contribution in [0.2, 0.25) is 0 Å². The highest BCUT2D eigenvalue weighted by Gasteiger charge is 2.11. The topological polar surface area (TPSA) is 63.8 Å². The summed E-state index contributed by atoms with van der Waals surface area (Å²) in [4.78, 5) is 9.09. The van der Waals surface area contributed by atoms with Gasteiger partial charge in [-0.25, -0.2) is 4.98 Å². The van der Waals surface area contributed by atoms with Crippen LogP contribution < -0.4 is 11.1 Å². The fourth-order valence-corrected chi connectivity index (χ4v) is 3.56. The third-order valence-corrected chi connectivity index (χ3v) is 5.17. The predicted octanol–water partition coefficient (Wildman–Crippen LogP) is 5.87. The summed E-state index contributed by atoms with van der Waals surface area (Å²) in [5.74, 6) is 0.846. The van der Waals surface area contributed by atoms with Crippen molar-refractivity contribution >= 4 is 5.82 Å². The quantitative estimate of drug-likeness (QED) is 0.367. The van der Waals surface area contributed by atoms with Gasteiger partial charge < -0.3 is 11.1 Å². The first-order chi connectivity index (χ1) is 15.7. The Morgan fingerprint density at radius 3 is 2.34 bits per heavy atom. The van der Waals surface area contributed by atoms with Crippen molar-refractivity contribution in [3.63, 3.8) is 0 Å². The average Bonchev–Trinajstić information content (AvgIpc) is 2.86. The largest absolute Gasteiger partial charge is 0.370 e. The van der Waals surface area contributed by atoms with Crippen molar-refractivity contribution in [3.8, 4) is 35.2 Å². The lowest BCUT2D eigenvalue weighted by Crippen LogP contribution is -2.15. The smallest absolute Gasteiger partial charge is 0.126 e. The molecule has 0 aliphatic heterocycles. The molecule has 4 nitrogen and oxygen atoms in total. The Hall–Kier alpha value is -3.94. The number of anilines is 1. The second-order valence-electron chi connectivity index (χ2n) is 7.43. The van der Waals surface area contributed by atoms with Crippen LogP contribution in [0.1, 0.15) is 23.6 Å². The van der Waals surface area contributed by atoms with Gasteiger partial charge in [0.2, 0.25) is 0 Å². The van der Waals surface area contributed by atoms with Crippen LogP contribution in [0.4, 0.5) is 5.82 Å². The second-order valence-corrected chi connectivity index (χ2v) is 7.43. The van der Waals surface area contributed by atoms with Crippen LogP contribution in [0.25, 0.3) is 22.4 Å². The molecule has 0 aliphatic rings. The Kier molecular flexibility index (Phi) is 8.14. The summed E-state index contributed by atoms with van der Waals surface area (Å²) in [5.41, 5.74) is 13.0. The van der Waals surface area contributed by atoms with Gasteiger partial charge in [0.15, 0.2) is 0 Å². The maximum absolute atomic E-state index is 6.33. The molecule has 2 heterocycles. The van der Waals surface area contributed by atoms with Crippen molar-refractivity contribution in [2.75, 3.05) is 11.9 Å². The van der Waals surface area contributed by atoms with Crippen LogP contribution in [0.5, 0.6) is 0 Å². The number of terminal acetylenes is 1. The lowest BCUT2D eigenvalue weighted by molar-refractivity contribution is 0.674. The SMILES string of the molecule is C#C.Cc1cccc(-c2ccc(NCC[C@@H](N)c3ccccc3)nc2-c2ccncc2)c1. The Morgan fingerprint density at radius 1 is 0.875 bits per heavy atom. The molecular formula is C28H28N4. The highest BCUT2D eigenvalue weighted by molar-refractivity contribution is 5.82. The normalized spacial score (nSPS) is 11.1. The molecule has 0 fully saturated rings. The van der Waals surface area contributed by atoms with Gasteiger partial charge in [0.05, 0.1) is 5.69 Å². The van der Waals surface area contributed by atoms with Gasteiger partial charge in [0.25, 0.3) is 0 Å². The van der Waals surface area contributed by atoms with Crippen LogP contribution >= 0.6 is 0 Å². The number of nitrogens with two attached hydrogens (primary N) is 1. The van der Waals surface area contributed by atoms with Crippen molar-refractivity contribution < 1.29 is 0 Å². The molecule has 4 heteroatoms. The van der Waals surface area contributed by atoms with Gasteiger partial charge in [-0.1, -0.05) is 60.2 Å². The molecule has 0 unspecified atom stereocenters. The lowest BCUT2D eigenvalue weighted by Gasteiger charge is -2.15. The lowest BCUT2D eigenvalue weighted by atomic mass is 9.98. The third kappa shape index (κ3) is 5.81. The third-order valence-electron chi connectivity index (χ3n) is 5.17. The molecular weight excluding hydrogens is 392 g/mol. The number of aryl methyl sites for hydroxylation is 1. The fraction of sp³-hybridized carbons (Fsp3) is 0.143. The standard InChI is InChI=1S/C26H26N4.C2H2/c1-19-6-5-9-22(18-19)23-10-11-25(30-26(23)21-12-15-28-16-13-21)29-17-14-24(27)20-7-3-2-4-8-20;1-2/h2-13,15-16,18,24H,14,17,27H2,1H3,(H,29,30);1-2H/t24-;/m1./s1. The van der Waals surface area contributed by atoms with Gasteiger partial charge in [-0.05, 0) is 48.7 Å². The molecule has 0 spiro atoms. The summed E-state index contributed by atoms with van der Waals surface area (Å²) >= 11 is 0. The van der Waals surface area contributed by atoms with Gasteiger partial charge in [-0.15, -0.1) is 12.8 Å². The van der Waals surface area contributed by atoms with E-state index in [1.807, 2.05) is 36.4 Å². The molecule has 160 valence electrons. The molecule has 4 rings (SSSR count). The molecule has 2 aromatic carbocycles. The van der Waals surface area contributed by atoms with Crippen LogP contribution in [-0.4, -0.2) is 16.5 Å². The zero-order chi connectivity index (χ0) is 22.8. The van der Waals surface area contributed by atoms with Crippen LogP contribution in [0.15, 0.2) is 91.3 Å². The minimum Gasteiger partial charge on any atom is -0.370 e. The highest BCUT2D eigenvalue weighted by Crippen LogP contribution is 2.32. The molecule has 4 aromatic rings. The minimum absolute atomic E-state index is 0.00457. The van der Waals surface area contributed by atoms with Crippen LogP contribution in [-0.2, 0) is 0 Å². The minimum atomic E-state index is 0.00457. The average molecular weight is 421 g/mol. The maximum atomic E-state index is 6.33. The molecule has 0 aliphatic carbocycles. The number of rotatable bonds is 7. The fourth-order valence-electron chi connectivity index (χ4n) is 3.56. The van der Waals surface area contributed by atoms with Crippen LogP contribution in [0, 0.1) is 19.8 Å². The predicted molar refractivity (Wildman–Crippen MR) is 134 cm³/mol. The second kappa shape index (κ2) is 11.5. The van der Waals surface area contributed by atoms with E-state index in [4.69, 9.17) is 10.7 Å². The first-order valence-electron chi connectivity index (χ1n) is 10.6. The van der Waals surface area contributed by atoms with E-state index in [-0.39, 0.29) is 6.04 Å². The Labute approximate surface area is 190 Å². The number of hydrogen-bond donors (Lipinski definition) is 2. The summed E-state index contributed by atoms with van der Waals surface area (Å²) in [6.45, 7) is 2.86. The summed E-state index contributed by atoms with van der Waals surface area (Å²) in [7, 11) is 0. The van der Waals surface area contributed by atoms with E-state index in [0.717, 1.165) is 46.7 Å². The molecule has 1 atom stereocenters. The van der Waals surface area contributed by atoms with E-state index in [9.17, 15) is 0 Å². The number of nitrogens with one attached hydrogen (secondary N) is 1. The Balaban J connectivity index is 0.00000141. The molecule has 0 bridgehead atoms. The van der Waals surface area contributed by atoms with E-state index < -0.39 is 0 Å². The molecule has 3 N–H and O–H groups in total. The van der Waals surface area contributed by atoms with Crippen molar-refractivity contribution in [1.29, 1.82) is 0 Å². The van der Waals surface area contributed by atoms with E-state index in [0.29, 0.717) is 0 Å². The number of nitrogens with zero attached hydrogens (tertiary/aromatic N) is 2. The number of aromatic nitrogens is 2. The van der Waals surface area contributed by atoms with Gasteiger partial charge in [-0.2, -0.15) is 0 Å². The Morgan fingerprint density at radius 2 is 1.62 bits per heavy atom. The molecule has 0 saturated heterocycles. The molecule has 0 saturated carbocycles. The van der Waals surface area contributed by atoms with Crippen molar-refractivity contribution in [2.24, 2.45) is 5.73 Å². The molecule has 2 aromatic heterocycles.